The van der Waals surface area contributed by atoms with Gasteiger partial charge in [-0.3, -0.25) is 0 Å². The van der Waals surface area contributed by atoms with E-state index in [1.54, 1.807) is 0 Å². The smallest absolute Gasteiger partial charge is 0.140 e. The number of benzene rings is 1. The third-order valence-corrected chi connectivity index (χ3v) is 3.32. The van der Waals surface area contributed by atoms with Gasteiger partial charge in [0, 0.05) is 29.0 Å². The van der Waals surface area contributed by atoms with Crippen LogP contribution in [0.1, 0.15) is 18.5 Å². The molecule has 1 aliphatic rings. The number of aromatic nitrogens is 2. The zero-order chi connectivity index (χ0) is 11.0. The summed E-state index contributed by atoms with van der Waals surface area (Å²) in [5.74, 6) is 1.05. The van der Waals surface area contributed by atoms with Crippen LogP contribution in [0.3, 0.4) is 0 Å². The standard InChI is InChI=1S/C13H13ClN2/c14-11-5-3-4-10(8-11)13-15-9-12-6-1-2-7-16(12)13/h3-5,8-9H,1-2,6-7H2. The molecule has 0 unspecified atom stereocenters. The summed E-state index contributed by atoms with van der Waals surface area (Å²) in [5.41, 5.74) is 2.46. The molecule has 16 heavy (non-hydrogen) atoms. The lowest BCUT2D eigenvalue weighted by atomic mass is 10.1. The van der Waals surface area contributed by atoms with Crippen molar-refractivity contribution in [3.8, 4) is 11.4 Å². The molecule has 1 aliphatic heterocycles. The average Bonchev–Trinajstić information content (AvgIpc) is 2.72. The largest absolute Gasteiger partial charge is 0.328 e. The van der Waals surface area contributed by atoms with Gasteiger partial charge < -0.3 is 4.57 Å². The van der Waals surface area contributed by atoms with Crippen LogP contribution < -0.4 is 0 Å². The lowest BCUT2D eigenvalue weighted by molar-refractivity contribution is 0.536. The van der Waals surface area contributed by atoms with Gasteiger partial charge in [0.1, 0.15) is 5.82 Å². The molecule has 0 bridgehead atoms. The number of hydrogen-bond acceptors (Lipinski definition) is 1. The molecular formula is C13H13ClN2. The van der Waals surface area contributed by atoms with Crippen LogP contribution in [-0.2, 0) is 13.0 Å². The Morgan fingerprint density at radius 2 is 2.19 bits per heavy atom. The average molecular weight is 233 g/mol. The first kappa shape index (κ1) is 9.91. The molecule has 2 nitrogen and oxygen atoms in total. The fourth-order valence-electron chi connectivity index (χ4n) is 2.29. The van der Waals surface area contributed by atoms with Crippen LogP contribution in [0.15, 0.2) is 30.5 Å². The van der Waals surface area contributed by atoms with Crippen molar-refractivity contribution < 1.29 is 0 Å². The van der Waals surface area contributed by atoms with E-state index in [0.29, 0.717) is 0 Å². The highest BCUT2D eigenvalue weighted by molar-refractivity contribution is 6.30. The third kappa shape index (κ3) is 1.63. The maximum Gasteiger partial charge on any atom is 0.140 e. The maximum atomic E-state index is 6.01. The highest BCUT2D eigenvalue weighted by Gasteiger charge is 2.14. The Labute approximate surface area is 99.9 Å². The van der Waals surface area contributed by atoms with Crippen molar-refractivity contribution in [3.05, 3.63) is 41.2 Å². The highest BCUT2D eigenvalue weighted by Crippen LogP contribution is 2.26. The van der Waals surface area contributed by atoms with Gasteiger partial charge in [0.15, 0.2) is 0 Å². The molecule has 0 spiro atoms. The SMILES string of the molecule is Clc1cccc(-c2ncc3n2CCCC3)c1. The number of nitrogens with zero attached hydrogens (tertiary/aromatic N) is 2. The van der Waals surface area contributed by atoms with Crippen molar-refractivity contribution in [2.45, 2.75) is 25.8 Å². The number of hydrogen-bond donors (Lipinski definition) is 0. The van der Waals surface area contributed by atoms with Crippen molar-refractivity contribution in [3.63, 3.8) is 0 Å². The number of rotatable bonds is 1. The molecule has 0 radical (unpaired) electrons. The van der Waals surface area contributed by atoms with Crippen LogP contribution in [0.2, 0.25) is 5.02 Å². The molecule has 82 valence electrons. The van der Waals surface area contributed by atoms with Gasteiger partial charge in [0.25, 0.3) is 0 Å². The minimum absolute atomic E-state index is 0.769. The molecule has 3 rings (SSSR count). The number of fused-ring (bicyclic) bond motifs is 1. The zero-order valence-corrected chi connectivity index (χ0v) is 9.74. The molecule has 2 heterocycles. The van der Waals surface area contributed by atoms with Crippen LogP contribution >= 0.6 is 11.6 Å². The van der Waals surface area contributed by atoms with E-state index < -0.39 is 0 Å². The molecule has 1 aromatic heterocycles. The summed E-state index contributed by atoms with van der Waals surface area (Å²) in [6.45, 7) is 1.08. The molecule has 0 saturated heterocycles. The van der Waals surface area contributed by atoms with Crippen molar-refractivity contribution >= 4 is 11.6 Å². The van der Waals surface area contributed by atoms with Gasteiger partial charge in [-0.1, -0.05) is 23.7 Å². The van der Waals surface area contributed by atoms with E-state index in [9.17, 15) is 0 Å². The second-order valence-corrected chi connectivity index (χ2v) is 4.63. The molecule has 0 saturated carbocycles. The molecule has 0 atom stereocenters. The molecular weight excluding hydrogens is 220 g/mol. The topological polar surface area (TPSA) is 17.8 Å². The Bertz CT molecular complexity index is 516. The molecule has 2 aromatic rings. The number of halogens is 1. The van der Waals surface area contributed by atoms with Gasteiger partial charge in [-0.05, 0) is 31.4 Å². The van der Waals surface area contributed by atoms with E-state index in [1.807, 2.05) is 24.4 Å². The molecule has 1 aromatic carbocycles. The highest BCUT2D eigenvalue weighted by atomic mass is 35.5. The summed E-state index contributed by atoms with van der Waals surface area (Å²) in [5, 5.41) is 0.769. The summed E-state index contributed by atoms with van der Waals surface area (Å²) >= 11 is 6.01. The van der Waals surface area contributed by atoms with E-state index in [2.05, 4.69) is 15.6 Å². The van der Waals surface area contributed by atoms with Crippen LogP contribution in [0.5, 0.6) is 0 Å². The molecule has 0 fully saturated rings. The minimum atomic E-state index is 0.769. The van der Waals surface area contributed by atoms with Gasteiger partial charge in [-0.2, -0.15) is 0 Å². The predicted octanol–water partition coefficient (Wildman–Crippen LogP) is 3.54. The number of aryl methyl sites for hydroxylation is 1. The van der Waals surface area contributed by atoms with Crippen LogP contribution in [0, 0.1) is 0 Å². The van der Waals surface area contributed by atoms with E-state index >= 15 is 0 Å². The number of imidazole rings is 1. The fraction of sp³-hybridized carbons (Fsp3) is 0.308. The van der Waals surface area contributed by atoms with Crippen molar-refractivity contribution in [1.82, 2.24) is 9.55 Å². The monoisotopic (exact) mass is 232 g/mol. The Kier molecular flexibility index (Phi) is 2.44. The van der Waals surface area contributed by atoms with E-state index in [-0.39, 0.29) is 0 Å². The summed E-state index contributed by atoms with van der Waals surface area (Å²) in [6.07, 6.45) is 5.67. The normalized spacial score (nSPS) is 14.8. The van der Waals surface area contributed by atoms with Crippen LogP contribution in [0.25, 0.3) is 11.4 Å². The first-order valence-electron chi connectivity index (χ1n) is 5.65. The van der Waals surface area contributed by atoms with Crippen molar-refractivity contribution in [1.29, 1.82) is 0 Å². The zero-order valence-electron chi connectivity index (χ0n) is 8.99. The second-order valence-electron chi connectivity index (χ2n) is 4.19. The van der Waals surface area contributed by atoms with Crippen molar-refractivity contribution in [2.75, 3.05) is 0 Å². The fourth-order valence-corrected chi connectivity index (χ4v) is 2.48. The van der Waals surface area contributed by atoms with E-state index in [1.165, 1.54) is 18.5 Å². The van der Waals surface area contributed by atoms with E-state index in [0.717, 1.165) is 29.4 Å². The first-order chi connectivity index (χ1) is 7.84. The predicted molar refractivity (Wildman–Crippen MR) is 65.6 cm³/mol. The summed E-state index contributed by atoms with van der Waals surface area (Å²) in [4.78, 5) is 4.51. The molecule has 0 N–H and O–H groups in total. The second kappa shape index (κ2) is 3.95. The Balaban J connectivity index is 2.09. The Morgan fingerprint density at radius 3 is 3.06 bits per heavy atom. The quantitative estimate of drug-likeness (QED) is 0.736. The van der Waals surface area contributed by atoms with Crippen LogP contribution in [-0.4, -0.2) is 9.55 Å². The summed E-state index contributed by atoms with van der Waals surface area (Å²) < 4.78 is 2.31. The third-order valence-electron chi connectivity index (χ3n) is 3.09. The Hall–Kier alpha value is -1.28. The van der Waals surface area contributed by atoms with Gasteiger partial charge in [0.05, 0.1) is 0 Å². The maximum absolute atomic E-state index is 6.01. The van der Waals surface area contributed by atoms with Gasteiger partial charge >= 0.3 is 0 Å². The van der Waals surface area contributed by atoms with Crippen molar-refractivity contribution in [2.24, 2.45) is 0 Å². The summed E-state index contributed by atoms with van der Waals surface area (Å²) in [6, 6.07) is 7.91. The lowest BCUT2D eigenvalue weighted by Crippen LogP contribution is -2.10. The first-order valence-corrected chi connectivity index (χ1v) is 6.03. The van der Waals surface area contributed by atoms with Crippen LogP contribution in [0.4, 0.5) is 0 Å². The lowest BCUT2D eigenvalue weighted by Gasteiger charge is -2.16. The van der Waals surface area contributed by atoms with Gasteiger partial charge in [-0.25, -0.2) is 4.98 Å². The molecule has 0 amide bonds. The Morgan fingerprint density at radius 1 is 1.25 bits per heavy atom. The summed E-state index contributed by atoms with van der Waals surface area (Å²) in [7, 11) is 0. The van der Waals surface area contributed by atoms with E-state index in [4.69, 9.17) is 11.6 Å². The van der Waals surface area contributed by atoms with Gasteiger partial charge in [-0.15, -0.1) is 0 Å². The van der Waals surface area contributed by atoms with Gasteiger partial charge in [0.2, 0.25) is 0 Å². The molecule has 0 aliphatic carbocycles. The molecule has 3 heteroatoms. The minimum Gasteiger partial charge on any atom is -0.328 e.